The summed E-state index contributed by atoms with van der Waals surface area (Å²) >= 11 is 1.37. The average Bonchev–Trinajstić information content (AvgIpc) is 3.20. The topological polar surface area (TPSA) is 45.7 Å². The van der Waals surface area contributed by atoms with Crippen molar-refractivity contribution in [2.45, 2.75) is 26.7 Å². The van der Waals surface area contributed by atoms with Gasteiger partial charge in [-0.05, 0) is 49.1 Å². The second-order valence-electron chi connectivity index (χ2n) is 8.03. The summed E-state index contributed by atoms with van der Waals surface area (Å²) in [6.07, 6.45) is 1.13. The molecule has 0 bridgehead atoms. The normalized spacial score (nSPS) is 14.3. The third-order valence-electron chi connectivity index (χ3n) is 5.78. The zero-order valence-corrected chi connectivity index (χ0v) is 20.1. The van der Waals surface area contributed by atoms with Crippen molar-refractivity contribution >= 4 is 45.0 Å². The minimum atomic E-state index is -0.352. The number of amides is 1. The minimum Gasteiger partial charge on any atom is -0.379 e. The Morgan fingerprint density at radius 2 is 1.97 bits per heavy atom. The Bertz CT molecular complexity index is 1070. The van der Waals surface area contributed by atoms with Crippen LogP contribution in [0.5, 0.6) is 0 Å². The van der Waals surface area contributed by atoms with Gasteiger partial charge in [0.1, 0.15) is 11.3 Å². The molecule has 172 valence electrons. The van der Waals surface area contributed by atoms with Gasteiger partial charge in [0.2, 0.25) is 5.91 Å². The quantitative estimate of drug-likeness (QED) is 0.491. The molecule has 0 unspecified atom stereocenters. The molecular weight excluding hydrogens is 449 g/mol. The highest BCUT2D eigenvalue weighted by molar-refractivity contribution is 7.22. The number of aryl methyl sites for hydroxylation is 2. The van der Waals surface area contributed by atoms with Crippen LogP contribution in [-0.2, 0) is 16.0 Å². The van der Waals surface area contributed by atoms with E-state index in [2.05, 4.69) is 29.8 Å². The van der Waals surface area contributed by atoms with Crippen LogP contribution in [-0.4, -0.2) is 55.2 Å². The van der Waals surface area contributed by atoms with Crippen LogP contribution in [0.25, 0.3) is 10.2 Å². The van der Waals surface area contributed by atoms with E-state index in [1.165, 1.54) is 28.5 Å². The number of benzene rings is 2. The summed E-state index contributed by atoms with van der Waals surface area (Å²) in [6.45, 7) is 8.93. The lowest BCUT2D eigenvalue weighted by molar-refractivity contribution is -0.118. The van der Waals surface area contributed by atoms with Crippen LogP contribution in [0.3, 0.4) is 0 Å². The highest BCUT2D eigenvalue weighted by Crippen LogP contribution is 2.31. The Morgan fingerprint density at radius 1 is 1.19 bits per heavy atom. The number of anilines is 1. The number of fused-ring (bicyclic) bond motifs is 1. The number of morpholine rings is 1. The molecule has 1 saturated heterocycles. The molecule has 0 radical (unpaired) electrons. The number of nitrogens with zero attached hydrogens (tertiary/aromatic N) is 3. The van der Waals surface area contributed by atoms with Gasteiger partial charge in [-0.3, -0.25) is 14.6 Å². The number of rotatable bonds is 7. The number of carbonyl (C=O) groups is 1. The van der Waals surface area contributed by atoms with Gasteiger partial charge in [0.25, 0.3) is 0 Å². The van der Waals surface area contributed by atoms with Crippen LogP contribution in [0.2, 0.25) is 0 Å². The molecule has 1 aromatic heterocycles. The summed E-state index contributed by atoms with van der Waals surface area (Å²) in [6, 6.07) is 11.1. The molecule has 5 nitrogen and oxygen atoms in total. The standard InChI is InChI=1S/C24H28FN3O2S.ClH/c1-17-7-8-19(15-18(17)2)16-22(29)28(10-4-9-27-11-13-30-14-12-27)24-26-23-20(25)5-3-6-21(23)31-24;/h3,5-8,15H,4,9-14,16H2,1-2H3;1H. The first-order chi connectivity index (χ1) is 15.0. The molecule has 0 spiro atoms. The highest BCUT2D eigenvalue weighted by Gasteiger charge is 2.21. The van der Waals surface area contributed by atoms with Crippen molar-refractivity contribution < 1.29 is 13.9 Å². The molecule has 1 fully saturated rings. The van der Waals surface area contributed by atoms with Crippen LogP contribution in [0.4, 0.5) is 9.52 Å². The summed E-state index contributed by atoms with van der Waals surface area (Å²) in [5.41, 5.74) is 3.70. The lowest BCUT2D eigenvalue weighted by Crippen LogP contribution is -2.39. The van der Waals surface area contributed by atoms with Crippen molar-refractivity contribution in [2.24, 2.45) is 0 Å². The van der Waals surface area contributed by atoms with E-state index in [0.29, 0.717) is 23.6 Å². The van der Waals surface area contributed by atoms with Gasteiger partial charge in [0, 0.05) is 26.2 Å². The Morgan fingerprint density at radius 3 is 2.69 bits per heavy atom. The first-order valence-electron chi connectivity index (χ1n) is 10.7. The van der Waals surface area contributed by atoms with E-state index >= 15 is 0 Å². The van der Waals surface area contributed by atoms with Crippen molar-refractivity contribution in [3.63, 3.8) is 0 Å². The Labute approximate surface area is 198 Å². The Kier molecular flexibility index (Phi) is 8.59. The Balaban J connectivity index is 0.00000289. The largest absolute Gasteiger partial charge is 0.379 e. The van der Waals surface area contributed by atoms with Crippen molar-refractivity contribution in [1.82, 2.24) is 9.88 Å². The third kappa shape index (κ3) is 5.84. The van der Waals surface area contributed by atoms with Gasteiger partial charge in [0.05, 0.1) is 24.3 Å². The number of ether oxygens (including phenoxy) is 1. The van der Waals surface area contributed by atoms with Crippen LogP contribution in [0, 0.1) is 19.7 Å². The number of hydrogen-bond acceptors (Lipinski definition) is 5. The van der Waals surface area contributed by atoms with Crippen LogP contribution in [0.15, 0.2) is 36.4 Å². The first kappa shape index (κ1) is 24.6. The van der Waals surface area contributed by atoms with E-state index in [-0.39, 0.29) is 24.1 Å². The molecule has 8 heteroatoms. The summed E-state index contributed by atoms with van der Waals surface area (Å²) in [5.74, 6) is -0.362. The molecule has 1 aliphatic rings. The molecule has 0 atom stereocenters. The zero-order valence-electron chi connectivity index (χ0n) is 18.5. The molecule has 2 aromatic carbocycles. The van der Waals surface area contributed by atoms with Gasteiger partial charge < -0.3 is 4.74 Å². The predicted octanol–water partition coefficient (Wildman–Crippen LogP) is 4.77. The monoisotopic (exact) mass is 477 g/mol. The predicted molar refractivity (Wildman–Crippen MR) is 131 cm³/mol. The molecule has 4 rings (SSSR count). The van der Waals surface area contributed by atoms with Gasteiger partial charge in [-0.2, -0.15) is 0 Å². The molecule has 0 aliphatic carbocycles. The maximum Gasteiger partial charge on any atom is 0.233 e. The molecule has 3 aromatic rings. The lowest BCUT2D eigenvalue weighted by atomic mass is 10.0. The van der Waals surface area contributed by atoms with E-state index in [1.54, 1.807) is 11.0 Å². The van der Waals surface area contributed by atoms with Crippen molar-refractivity contribution in [1.29, 1.82) is 0 Å². The van der Waals surface area contributed by atoms with Crippen molar-refractivity contribution in [2.75, 3.05) is 44.3 Å². The fraction of sp³-hybridized carbons (Fsp3) is 0.417. The van der Waals surface area contributed by atoms with Gasteiger partial charge in [0.15, 0.2) is 5.13 Å². The number of halogens is 2. The van der Waals surface area contributed by atoms with Crippen LogP contribution < -0.4 is 4.90 Å². The summed E-state index contributed by atoms with van der Waals surface area (Å²) in [7, 11) is 0. The number of carbonyl (C=O) groups excluding carboxylic acids is 1. The number of para-hydroxylation sites is 1. The molecule has 0 N–H and O–H groups in total. The van der Waals surface area contributed by atoms with E-state index < -0.39 is 0 Å². The average molecular weight is 478 g/mol. The van der Waals surface area contributed by atoms with Gasteiger partial charge >= 0.3 is 0 Å². The molecule has 1 aliphatic heterocycles. The van der Waals surface area contributed by atoms with Crippen LogP contribution >= 0.6 is 23.7 Å². The lowest BCUT2D eigenvalue weighted by Gasteiger charge is -2.27. The molecule has 0 saturated carbocycles. The van der Waals surface area contributed by atoms with E-state index in [1.807, 2.05) is 18.2 Å². The second-order valence-corrected chi connectivity index (χ2v) is 9.04. The van der Waals surface area contributed by atoms with E-state index in [0.717, 1.165) is 49.5 Å². The number of thiazole rings is 1. The van der Waals surface area contributed by atoms with E-state index in [9.17, 15) is 9.18 Å². The first-order valence-corrected chi connectivity index (χ1v) is 11.5. The third-order valence-corrected chi connectivity index (χ3v) is 6.82. The van der Waals surface area contributed by atoms with Crippen molar-refractivity contribution in [3.8, 4) is 0 Å². The second kappa shape index (κ2) is 11.2. The van der Waals surface area contributed by atoms with E-state index in [4.69, 9.17) is 4.74 Å². The number of hydrogen-bond donors (Lipinski definition) is 0. The Hall–Kier alpha value is -2.06. The maximum absolute atomic E-state index is 14.2. The maximum atomic E-state index is 14.2. The van der Waals surface area contributed by atoms with Gasteiger partial charge in [-0.15, -0.1) is 12.4 Å². The van der Waals surface area contributed by atoms with Gasteiger partial charge in [-0.25, -0.2) is 9.37 Å². The molecule has 1 amide bonds. The molecule has 32 heavy (non-hydrogen) atoms. The van der Waals surface area contributed by atoms with Crippen LogP contribution in [0.1, 0.15) is 23.1 Å². The van der Waals surface area contributed by atoms with Crippen molar-refractivity contribution in [3.05, 3.63) is 58.9 Å². The SMILES string of the molecule is Cc1ccc(CC(=O)N(CCCN2CCOCC2)c2nc3c(F)cccc3s2)cc1C.Cl. The fourth-order valence-corrected chi connectivity index (χ4v) is 4.83. The molecule has 2 heterocycles. The zero-order chi connectivity index (χ0) is 21.8. The fourth-order valence-electron chi connectivity index (χ4n) is 3.81. The van der Waals surface area contributed by atoms with Gasteiger partial charge in [-0.1, -0.05) is 35.6 Å². The number of aromatic nitrogens is 1. The summed E-state index contributed by atoms with van der Waals surface area (Å²) in [4.78, 5) is 21.9. The summed E-state index contributed by atoms with van der Waals surface area (Å²) < 4.78 is 20.4. The summed E-state index contributed by atoms with van der Waals surface area (Å²) in [5, 5.41) is 0.566. The highest BCUT2D eigenvalue weighted by atomic mass is 35.5. The smallest absolute Gasteiger partial charge is 0.233 e. The minimum absolute atomic E-state index is 0. The molecular formula is C24H29ClFN3O2S.